The Kier molecular flexibility index (Phi) is 5.30. The lowest BCUT2D eigenvalue weighted by atomic mass is 10.0. The van der Waals surface area contributed by atoms with Gasteiger partial charge in [-0.05, 0) is 38.5 Å². The fraction of sp³-hybridized carbons (Fsp3) is 0.500. The van der Waals surface area contributed by atoms with Crippen LogP contribution in [-0.4, -0.2) is 30.0 Å². The van der Waals surface area contributed by atoms with Crippen LogP contribution >= 0.6 is 0 Å². The fourth-order valence-electron chi connectivity index (χ4n) is 1.54. The van der Waals surface area contributed by atoms with Crippen LogP contribution in [-0.2, 0) is 4.74 Å². The third-order valence-corrected chi connectivity index (χ3v) is 2.45. The fourth-order valence-corrected chi connectivity index (χ4v) is 1.54. The van der Waals surface area contributed by atoms with Crippen molar-refractivity contribution < 1.29 is 19.0 Å². The minimum absolute atomic E-state index is 0.137. The predicted octanol–water partition coefficient (Wildman–Crippen LogP) is 2.43. The summed E-state index contributed by atoms with van der Waals surface area (Å²) < 4.78 is 17.9. The van der Waals surface area contributed by atoms with Gasteiger partial charge in [0.25, 0.3) is 0 Å². The van der Waals surface area contributed by atoms with Crippen molar-refractivity contribution in [3.63, 3.8) is 0 Å². The summed E-state index contributed by atoms with van der Waals surface area (Å²) in [6.07, 6.45) is -0.534. The highest BCUT2D eigenvalue weighted by Gasteiger charge is 2.18. The van der Waals surface area contributed by atoms with Crippen molar-refractivity contribution in [3.05, 3.63) is 35.6 Å². The van der Waals surface area contributed by atoms with E-state index in [4.69, 9.17) is 4.74 Å². The summed E-state index contributed by atoms with van der Waals surface area (Å²) >= 11 is 0. The van der Waals surface area contributed by atoms with Gasteiger partial charge in [0, 0.05) is 12.5 Å². The molecule has 1 amide bonds. The first kappa shape index (κ1) is 15.4. The molecule has 1 aromatic carbocycles. The summed E-state index contributed by atoms with van der Waals surface area (Å²) in [5.74, 6) is -0.617. The van der Waals surface area contributed by atoms with Crippen molar-refractivity contribution in [2.24, 2.45) is 0 Å². The maximum Gasteiger partial charge on any atom is 0.407 e. The number of hydrogen-bond acceptors (Lipinski definition) is 3. The van der Waals surface area contributed by atoms with Crippen LogP contribution in [0.25, 0.3) is 0 Å². The van der Waals surface area contributed by atoms with Crippen LogP contribution in [0, 0.1) is 5.82 Å². The Bertz CT molecular complexity index is 412. The highest BCUT2D eigenvalue weighted by Crippen LogP contribution is 2.15. The smallest absolute Gasteiger partial charge is 0.407 e. The summed E-state index contributed by atoms with van der Waals surface area (Å²) in [6.45, 7) is 5.42. The lowest BCUT2D eigenvalue weighted by molar-refractivity contribution is 0.0521. The average Bonchev–Trinajstić information content (AvgIpc) is 2.29. The highest BCUT2D eigenvalue weighted by atomic mass is 19.1. The van der Waals surface area contributed by atoms with Gasteiger partial charge < -0.3 is 15.2 Å². The maximum atomic E-state index is 12.8. The Morgan fingerprint density at radius 2 is 1.95 bits per heavy atom. The molecule has 0 bridgehead atoms. The zero-order chi connectivity index (χ0) is 14.5. The molecular formula is C14H20FNO3. The second kappa shape index (κ2) is 6.52. The lowest BCUT2D eigenvalue weighted by Crippen LogP contribution is -2.35. The molecule has 0 aromatic heterocycles. The molecule has 0 heterocycles. The second-order valence-corrected chi connectivity index (χ2v) is 5.31. The van der Waals surface area contributed by atoms with Crippen LogP contribution in [0.5, 0.6) is 0 Å². The normalized spacial score (nSPS) is 12.9. The number of hydrogen-bond donors (Lipinski definition) is 2. The molecule has 5 heteroatoms. The summed E-state index contributed by atoms with van der Waals surface area (Å²) in [7, 11) is 0. The van der Waals surface area contributed by atoms with E-state index in [9.17, 15) is 14.3 Å². The van der Waals surface area contributed by atoms with E-state index in [0.29, 0.717) is 0 Å². The van der Waals surface area contributed by atoms with Crippen molar-refractivity contribution >= 4 is 6.09 Å². The Labute approximate surface area is 112 Å². The number of aliphatic hydroxyl groups is 1. The Balaban J connectivity index is 2.54. The molecule has 0 saturated heterocycles. The molecule has 0 radical (unpaired) electrons. The summed E-state index contributed by atoms with van der Waals surface area (Å²) in [5.41, 5.74) is 0.203. The van der Waals surface area contributed by atoms with Crippen LogP contribution in [0.15, 0.2) is 24.3 Å². The molecule has 106 valence electrons. The molecule has 0 fully saturated rings. The van der Waals surface area contributed by atoms with Gasteiger partial charge >= 0.3 is 6.09 Å². The van der Waals surface area contributed by atoms with E-state index in [1.54, 1.807) is 32.9 Å². The molecule has 0 unspecified atom stereocenters. The molecule has 0 spiro atoms. The number of carbonyl (C=O) groups is 1. The van der Waals surface area contributed by atoms with Crippen LogP contribution in [0.3, 0.4) is 0 Å². The molecule has 1 aromatic rings. The van der Waals surface area contributed by atoms with Crippen molar-refractivity contribution in [1.29, 1.82) is 0 Å². The van der Waals surface area contributed by atoms with Gasteiger partial charge in [0.2, 0.25) is 0 Å². The van der Waals surface area contributed by atoms with Gasteiger partial charge in [0.15, 0.2) is 0 Å². The van der Waals surface area contributed by atoms with Crippen molar-refractivity contribution in [3.8, 4) is 0 Å². The number of nitrogens with one attached hydrogen (secondary N) is 1. The minimum atomic E-state index is -0.561. The van der Waals surface area contributed by atoms with Gasteiger partial charge in [0.05, 0.1) is 6.61 Å². The van der Waals surface area contributed by atoms with Gasteiger partial charge in [-0.1, -0.05) is 12.1 Å². The monoisotopic (exact) mass is 269 g/mol. The second-order valence-electron chi connectivity index (χ2n) is 5.31. The molecule has 4 nitrogen and oxygen atoms in total. The molecule has 0 aliphatic rings. The Morgan fingerprint density at radius 1 is 1.37 bits per heavy atom. The predicted molar refractivity (Wildman–Crippen MR) is 70.5 cm³/mol. The zero-order valence-corrected chi connectivity index (χ0v) is 11.4. The Hall–Kier alpha value is -1.62. The van der Waals surface area contributed by atoms with Crippen LogP contribution in [0.1, 0.15) is 32.3 Å². The third kappa shape index (κ3) is 5.70. The van der Waals surface area contributed by atoms with Crippen LogP contribution in [0.4, 0.5) is 9.18 Å². The number of aliphatic hydroxyl groups excluding tert-OH is 1. The van der Waals surface area contributed by atoms with Crippen LogP contribution in [0.2, 0.25) is 0 Å². The van der Waals surface area contributed by atoms with Gasteiger partial charge in [-0.3, -0.25) is 0 Å². The number of alkyl carbamates (subject to hydrolysis) is 1. The Morgan fingerprint density at radius 3 is 2.42 bits per heavy atom. The average molecular weight is 269 g/mol. The first-order chi connectivity index (χ1) is 8.81. The number of carbonyl (C=O) groups excluding carboxylic acids is 1. The standard InChI is InChI=1S/C14H20FNO3/c1-14(2,3)19-13(18)16-8-11(9-17)10-4-6-12(15)7-5-10/h4-7,11,17H,8-9H2,1-3H3,(H,16,18)/t11-/m1/s1. The van der Waals surface area contributed by atoms with E-state index in [2.05, 4.69) is 5.32 Å². The molecule has 0 aliphatic heterocycles. The van der Waals surface area contributed by atoms with E-state index >= 15 is 0 Å². The molecule has 1 atom stereocenters. The van der Waals surface area contributed by atoms with Crippen molar-refractivity contribution in [1.82, 2.24) is 5.32 Å². The number of ether oxygens (including phenoxy) is 1. The lowest BCUT2D eigenvalue weighted by Gasteiger charge is -2.21. The number of halogens is 1. The summed E-state index contributed by atoms with van der Waals surface area (Å²) in [5, 5.41) is 11.9. The van der Waals surface area contributed by atoms with Gasteiger partial charge in [-0.2, -0.15) is 0 Å². The van der Waals surface area contributed by atoms with E-state index in [0.717, 1.165) is 5.56 Å². The van der Waals surface area contributed by atoms with Crippen molar-refractivity contribution in [2.75, 3.05) is 13.2 Å². The van der Waals surface area contributed by atoms with Crippen molar-refractivity contribution in [2.45, 2.75) is 32.3 Å². The maximum absolute atomic E-state index is 12.8. The first-order valence-electron chi connectivity index (χ1n) is 6.15. The highest BCUT2D eigenvalue weighted by molar-refractivity contribution is 5.67. The quantitative estimate of drug-likeness (QED) is 0.882. The molecule has 19 heavy (non-hydrogen) atoms. The van der Waals surface area contributed by atoms with E-state index < -0.39 is 11.7 Å². The van der Waals surface area contributed by atoms with Crippen LogP contribution < -0.4 is 5.32 Å². The van der Waals surface area contributed by atoms with E-state index in [1.807, 2.05) is 0 Å². The van der Waals surface area contributed by atoms with Gasteiger partial charge in [-0.25, -0.2) is 9.18 Å². The minimum Gasteiger partial charge on any atom is -0.444 e. The number of rotatable bonds is 4. The van der Waals surface area contributed by atoms with Gasteiger partial charge in [-0.15, -0.1) is 0 Å². The van der Waals surface area contributed by atoms with E-state index in [1.165, 1.54) is 12.1 Å². The first-order valence-corrected chi connectivity index (χ1v) is 6.15. The van der Waals surface area contributed by atoms with Gasteiger partial charge in [0.1, 0.15) is 11.4 Å². The van der Waals surface area contributed by atoms with E-state index in [-0.39, 0.29) is 24.9 Å². The SMILES string of the molecule is CC(C)(C)OC(=O)NC[C@H](CO)c1ccc(F)cc1. The third-order valence-electron chi connectivity index (χ3n) is 2.45. The molecule has 0 aliphatic carbocycles. The molecule has 2 N–H and O–H groups in total. The zero-order valence-electron chi connectivity index (χ0n) is 11.4. The summed E-state index contributed by atoms with van der Waals surface area (Å²) in [6, 6.07) is 5.83. The number of amides is 1. The molecule has 1 rings (SSSR count). The number of benzene rings is 1. The largest absolute Gasteiger partial charge is 0.444 e. The summed E-state index contributed by atoms with van der Waals surface area (Å²) in [4.78, 5) is 11.5. The molecule has 0 saturated carbocycles. The molecular weight excluding hydrogens is 249 g/mol. The topological polar surface area (TPSA) is 58.6 Å².